The molecular formula is C40H71N5O8. The highest BCUT2D eigenvalue weighted by molar-refractivity contribution is 5.83. The first-order valence-electron chi connectivity index (χ1n) is 20.6. The fraction of sp³-hybridized carbons (Fsp3) is 0.925. The molecule has 6 rings (SSSR count). The van der Waals surface area contributed by atoms with Gasteiger partial charge in [0, 0.05) is 56.6 Å². The summed E-state index contributed by atoms with van der Waals surface area (Å²) in [7, 11) is 5.95. The molecule has 6 fully saturated rings. The molecule has 13 nitrogen and oxygen atoms in total. The maximum absolute atomic E-state index is 14.3. The van der Waals surface area contributed by atoms with Crippen LogP contribution in [0.5, 0.6) is 0 Å². The number of aliphatic hydroxyl groups is 2. The van der Waals surface area contributed by atoms with Crippen LogP contribution in [0.15, 0.2) is 0 Å². The lowest BCUT2D eigenvalue weighted by atomic mass is 9.45. The van der Waals surface area contributed by atoms with Crippen LogP contribution in [0, 0.1) is 52.8 Å². The second-order valence-electron chi connectivity index (χ2n) is 17.9. The van der Waals surface area contributed by atoms with Gasteiger partial charge in [-0.05, 0) is 108 Å². The Labute approximate surface area is 317 Å². The van der Waals surface area contributed by atoms with Crippen molar-refractivity contribution in [1.82, 2.24) is 25.9 Å². The number of nitrogens with one attached hydrogen (secondary N) is 3. The van der Waals surface area contributed by atoms with Gasteiger partial charge in [0.05, 0.1) is 32.0 Å². The van der Waals surface area contributed by atoms with E-state index in [0.717, 1.165) is 44.9 Å². The monoisotopic (exact) mass is 750 g/mol. The first-order chi connectivity index (χ1) is 25.2. The van der Waals surface area contributed by atoms with Crippen LogP contribution in [0.2, 0.25) is 0 Å². The van der Waals surface area contributed by atoms with E-state index >= 15 is 0 Å². The molecule has 6 aliphatic rings. The maximum Gasteiger partial charge on any atom is 0.319 e. The van der Waals surface area contributed by atoms with Gasteiger partial charge in [0.1, 0.15) is 12.1 Å². The summed E-state index contributed by atoms with van der Waals surface area (Å²) in [5.74, 6) is 1.05. The van der Waals surface area contributed by atoms with Crippen molar-refractivity contribution < 1.29 is 38.9 Å². The van der Waals surface area contributed by atoms with Gasteiger partial charge in [-0.2, -0.15) is 5.06 Å². The average Bonchev–Trinajstić information content (AvgIpc) is 3.50. The molecule has 0 spiro atoms. The van der Waals surface area contributed by atoms with Gasteiger partial charge in [0.2, 0.25) is 11.8 Å². The lowest BCUT2D eigenvalue weighted by Gasteiger charge is -2.62. The smallest absolute Gasteiger partial charge is 0.319 e. The van der Waals surface area contributed by atoms with Crippen LogP contribution in [0.1, 0.15) is 86.0 Å². The summed E-state index contributed by atoms with van der Waals surface area (Å²) < 4.78 is 11.3. The normalized spacial score (nSPS) is 38.9. The molecule has 14 atom stereocenters. The highest BCUT2D eigenvalue weighted by Crippen LogP contribution is 2.61. The van der Waals surface area contributed by atoms with Crippen molar-refractivity contribution >= 4 is 17.8 Å². The fourth-order valence-corrected chi connectivity index (χ4v) is 11.2. The first kappa shape index (κ1) is 42.3. The van der Waals surface area contributed by atoms with E-state index in [4.69, 9.17) is 14.3 Å². The third-order valence-corrected chi connectivity index (χ3v) is 14.3. The molecule has 0 radical (unpaired) electrons. The van der Waals surface area contributed by atoms with Gasteiger partial charge in [0.15, 0.2) is 0 Å². The Morgan fingerprint density at radius 1 is 1.06 bits per heavy atom. The number of nitrogens with zero attached hydrogens (tertiary/aromatic N) is 2. The Balaban J connectivity index is 1.25. The van der Waals surface area contributed by atoms with Crippen LogP contribution in [0.25, 0.3) is 0 Å². The fourth-order valence-electron chi connectivity index (χ4n) is 11.2. The molecule has 13 heteroatoms. The zero-order chi connectivity index (χ0) is 38.6. The number of esters is 1. The number of amides is 2. The van der Waals surface area contributed by atoms with Crippen molar-refractivity contribution in [2.45, 2.75) is 122 Å². The number of methoxy groups -OCH3 is 1. The molecule has 0 aromatic rings. The summed E-state index contributed by atoms with van der Waals surface area (Å²) in [5, 5.41) is 32.6. The molecule has 1 saturated heterocycles. The van der Waals surface area contributed by atoms with Crippen LogP contribution >= 0.6 is 0 Å². The minimum Gasteiger partial charge on any atom is -0.465 e. The zero-order valence-corrected chi connectivity index (χ0v) is 33.7. The van der Waals surface area contributed by atoms with Crippen molar-refractivity contribution in [1.29, 1.82) is 0 Å². The third-order valence-electron chi connectivity index (χ3n) is 14.3. The molecule has 6 unspecified atom stereocenters. The Hall–Kier alpha value is -1.87. The lowest BCUT2D eigenvalue weighted by molar-refractivity contribution is -0.193. The standard InChI is InChI=1S/C40H71N5O8/c1-9-52-34(48)20-41-13-14-42-38(49)27-15-26(16-29(17-27)44(6)7)30-12-10-11-25(37(30)51-8)21-45-36(35(24(3)47)33(22-46)53-45)39(50)43-32-19-28-18-31(23(32)2)40(28,4)5/h23-33,35-37,41,46-47H,9-22H2,1-8H3,(H,42,49)(H,43,50)/t23-,24-,25?,26?,27?,28+,29?,30?,31-,32-,33-,35+,36-,37?/m0/s1. The summed E-state index contributed by atoms with van der Waals surface area (Å²) in [6, 6.07) is -0.386. The SMILES string of the molecule is CCOC(=O)CNCCNC(=O)C1CC(C2CCCC(CN3O[C@@H](CO)[C@@H]([C@H](C)O)[C@H]3C(=O)N[C@H]3C[C@H]4C[C@@H]([C@@H]3C)C4(C)C)C2OC)CC(N(C)C)C1. The van der Waals surface area contributed by atoms with Crippen molar-refractivity contribution in [2.75, 3.05) is 60.6 Å². The quantitative estimate of drug-likeness (QED) is 0.116. The number of carbonyl (C=O) groups is 3. The van der Waals surface area contributed by atoms with Gasteiger partial charge >= 0.3 is 5.97 Å². The molecule has 5 aliphatic carbocycles. The predicted octanol–water partition coefficient (Wildman–Crippen LogP) is 2.19. The second kappa shape index (κ2) is 18.4. The molecule has 1 heterocycles. The van der Waals surface area contributed by atoms with Crippen LogP contribution < -0.4 is 16.0 Å². The molecule has 304 valence electrons. The van der Waals surface area contributed by atoms with Crippen molar-refractivity contribution in [2.24, 2.45) is 52.8 Å². The van der Waals surface area contributed by atoms with E-state index in [1.54, 1.807) is 26.0 Å². The van der Waals surface area contributed by atoms with E-state index < -0.39 is 24.2 Å². The number of hydroxylamine groups is 2. The van der Waals surface area contributed by atoms with E-state index in [1.807, 2.05) is 0 Å². The number of ether oxygens (including phenoxy) is 2. The van der Waals surface area contributed by atoms with Gasteiger partial charge in [-0.15, -0.1) is 0 Å². The van der Waals surface area contributed by atoms with E-state index in [-0.39, 0.29) is 72.8 Å². The molecule has 53 heavy (non-hydrogen) atoms. The number of carbonyl (C=O) groups excluding carboxylic acids is 3. The zero-order valence-electron chi connectivity index (χ0n) is 33.7. The molecule has 0 aromatic carbocycles. The third kappa shape index (κ3) is 9.40. The highest BCUT2D eigenvalue weighted by atomic mass is 16.7. The van der Waals surface area contributed by atoms with Gasteiger partial charge < -0.3 is 40.5 Å². The molecule has 0 aromatic heterocycles. The Kier molecular flexibility index (Phi) is 14.7. The summed E-state index contributed by atoms with van der Waals surface area (Å²) in [5.41, 5.74) is 0.304. The Morgan fingerprint density at radius 2 is 1.81 bits per heavy atom. The van der Waals surface area contributed by atoms with Crippen molar-refractivity contribution in [3.8, 4) is 0 Å². The summed E-state index contributed by atoms with van der Waals surface area (Å²) in [6.45, 7) is 12.0. The van der Waals surface area contributed by atoms with E-state index in [2.05, 4.69) is 55.7 Å². The molecule has 1 aliphatic heterocycles. The van der Waals surface area contributed by atoms with Crippen molar-refractivity contribution in [3.05, 3.63) is 0 Å². The summed E-state index contributed by atoms with van der Waals surface area (Å²) >= 11 is 0. The number of rotatable bonds is 16. The van der Waals surface area contributed by atoms with E-state index in [0.29, 0.717) is 49.4 Å². The largest absolute Gasteiger partial charge is 0.465 e. The summed E-state index contributed by atoms with van der Waals surface area (Å²) in [4.78, 5) is 48.0. The number of hydrogen-bond acceptors (Lipinski definition) is 11. The molecule has 5 N–H and O–H groups in total. The van der Waals surface area contributed by atoms with Crippen LogP contribution in [-0.2, 0) is 28.7 Å². The molecule has 2 bridgehead atoms. The minimum atomic E-state index is -0.844. The Bertz CT molecular complexity index is 1240. The number of fused-ring (bicyclic) bond motifs is 2. The second-order valence-corrected chi connectivity index (χ2v) is 17.9. The van der Waals surface area contributed by atoms with E-state index in [9.17, 15) is 24.6 Å². The van der Waals surface area contributed by atoms with Gasteiger partial charge in [-0.1, -0.05) is 27.2 Å². The maximum atomic E-state index is 14.3. The predicted molar refractivity (Wildman–Crippen MR) is 201 cm³/mol. The lowest BCUT2D eigenvalue weighted by Crippen LogP contribution is -2.62. The first-order valence-corrected chi connectivity index (χ1v) is 20.6. The van der Waals surface area contributed by atoms with Gasteiger partial charge in [0.25, 0.3) is 0 Å². The molecular weight excluding hydrogens is 678 g/mol. The topological polar surface area (TPSA) is 162 Å². The van der Waals surface area contributed by atoms with Crippen LogP contribution in [0.3, 0.4) is 0 Å². The van der Waals surface area contributed by atoms with Gasteiger partial charge in [-0.3, -0.25) is 19.2 Å². The van der Waals surface area contributed by atoms with Gasteiger partial charge in [-0.25, -0.2) is 0 Å². The van der Waals surface area contributed by atoms with Crippen molar-refractivity contribution in [3.63, 3.8) is 0 Å². The summed E-state index contributed by atoms with van der Waals surface area (Å²) in [6.07, 6.45) is 6.05. The van der Waals surface area contributed by atoms with E-state index in [1.165, 1.54) is 6.42 Å². The molecule has 5 saturated carbocycles. The van der Waals surface area contributed by atoms with Crippen LogP contribution in [-0.4, -0.2) is 135 Å². The highest BCUT2D eigenvalue weighted by Gasteiger charge is 2.58. The minimum absolute atomic E-state index is 0.0486. The number of aliphatic hydroxyl groups excluding tert-OH is 2. The average molecular weight is 750 g/mol. The Morgan fingerprint density at radius 3 is 2.43 bits per heavy atom. The van der Waals surface area contributed by atoms with Crippen LogP contribution in [0.4, 0.5) is 0 Å². The number of hydrogen-bond donors (Lipinski definition) is 5. The molecule has 2 amide bonds.